The van der Waals surface area contributed by atoms with E-state index in [0.717, 1.165) is 25.5 Å². The Morgan fingerprint density at radius 2 is 2.15 bits per heavy atom. The smallest absolute Gasteiger partial charge is 0.124 e. The number of benzene rings is 1. The highest BCUT2D eigenvalue weighted by atomic mass is 16.5. The van der Waals surface area contributed by atoms with E-state index in [9.17, 15) is 0 Å². The summed E-state index contributed by atoms with van der Waals surface area (Å²) in [5.41, 5.74) is 1.80. The van der Waals surface area contributed by atoms with Crippen LogP contribution in [0.2, 0.25) is 0 Å². The molecule has 1 fully saturated rings. The summed E-state index contributed by atoms with van der Waals surface area (Å²) < 4.78 is 11.1. The van der Waals surface area contributed by atoms with Crippen LogP contribution in [0.5, 0.6) is 5.75 Å². The Bertz CT molecular complexity index is 456. The molecule has 0 amide bonds. The maximum absolute atomic E-state index is 5.82. The lowest BCUT2D eigenvalue weighted by Gasteiger charge is -2.33. The molecule has 0 bridgehead atoms. The molecule has 3 heteroatoms. The van der Waals surface area contributed by atoms with Crippen molar-refractivity contribution in [3.63, 3.8) is 0 Å². The van der Waals surface area contributed by atoms with Gasteiger partial charge in [0.15, 0.2) is 0 Å². The first-order valence-corrected chi connectivity index (χ1v) is 7.68. The van der Waals surface area contributed by atoms with Crippen molar-refractivity contribution < 1.29 is 9.47 Å². The van der Waals surface area contributed by atoms with Gasteiger partial charge < -0.3 is 14.8 Å². The van der Waals surface area contributed by atoms with Gasteiger partial charge in [0.2, 0.25) is 0 Å². The minimum absolute atomic E-state index is 0.417. The molecule has 1 aromatic rings. The summed E-state index contributed by atoms with van der Waals surface area (Å²) >= 11 is 0. The van der Waals surface area contributed by atoms with Crippen LogP contribution in [0, 0.1) is 11.3 Å². The molecule has 20 heavy (non-hydrogen) atoms. The van der Waals surface area contributed by atoms with E-state index in [-0.39, 0.29) is 0 Å². The summed E-state index contributed by atoms with van der Waals surface area (Å²) in [5, 5.41) is 3.80. The molecule has 1 aliphatic heterocycles. The lowest BCUT2D eigenvalue weighted by atomic mass is 9.91. The van der Waals surface area contributed by atoms with E-state index in [1.165, 1.54) is 24.8 Å². The highest BCUT2D eigenvalue weighted by molar-refractivity contribution is 5.38. The summed E-state index contributed by atoms with van der Waals surface area (Å²) in [5.74, 6) is 1.56. The average molecular weight is 275 g/mol. The Morgan fingerprint density at radius 3 is 2.90 bits per heavy atom. The Kier molecular flexibility index (Phi) is 3.99. The van der Waals surface area contributed by atoms with Crippen molar-refractivity contribution >= 4 is 0 Å². The van der Waals surface area contributed by atoms with Gasteiger partial charge >= 0.3 is 0 Å². The van der Waals surface area contributed by atoms with Crippen molar-refractivity contribution in [1.82, 2.24) is 5.32 Å². The van der Waals surface area contributed by atoms with Crippen LogP contribution >= 0.6 is 0 Å². The molecule has 0 saturated heterocycles. The number of rotatable bonds is 6. The molecule has 2 atom stereocenters. The van der Waals surface area contributed by atoms with Gasteiger partial charge in [-0.25, -0.2) is 0 Å². The zero-order valence-electron chi connectivity index (χ0n) is 12.5. The van der Waals surface area contributed by atoms with Crippen LogP contribution in [0.4, 0.5) is 0 Å². The molecule has 1 heterocycles. The van der Waals surface area contributed by atoms with Gasteiger partial charge in [-0.05, 0) is 30.7 Å². The summed E-state index contributed by atoms with van der Waals surface area (Å²) in [4.78, 5) is 0. The molecule has 1 aromatic carbocycles. The largest absolute Gasteiger partial charge is 0.493 e. The fourth-order valence-electron chi connectivity index (χ4n) is 3.14. The van der Waals surface area contributed by atoms with E-state index < -0.39 is 0 Å². The van der Waals surface area contributed by atoms with E-state index >= 15 is 0 Å². The van der Waals surface area contributed by atoms with Gasteiger partial charge in [-0.1, -0.05) is 25.1 Å². The SMILES string of the molecule is COCCC1(CNC2c3ccccc3OCC2C)CC1. The van der Waals surface area contributed by atoms with Crippen molar-refractivity contribution in [3.8, 4) is 5.75 Å². The molecule has 0 radical (unpaired) electrons. The van der Waals surface area contributed by atoms with Gasteiger partial charge in [-0.15, -0.1) is 0 Å². The van der Waals surface area contributed by atoms with Crippen LogP contribution in [-0.2, 0) is 4.74 Å². The van der Waals surface area contributed by atoms with E-state index in [0.29, 0.717) is 17.4 Å². The van der Waals surface area contributed by atoms with Crippen LogP contribution in [0.25, 0.3) is 0 Å². The minimum atomic E-state index is 0.417. The van der Waals surface area contributed by atoms with E-state index in [1.54, 1.807) is 7.11 Å². The van der Waals surface area contributed by atoms with E-state index in [2.05, 4.69) is 30.4 Å². The van der Waals surface area contributed by atoms with Crippen LogP contribution in [0.3, 0.4) is 0 Å². The Hall–Kier alpha value is -1.06. The standard InChI is InChI=1S/C17H25NO2/c1-13-11-20-15-6-4-3-5-14(15)16(13)18-12-17(7-8-17)9-10-19-2/h3-6,13,16,18H,7-12H2,1-2H3. The predicted octanol–water partition coefficient (Wildman–Crippen LogP) is 3.16. The van der Waals surface area contributed by atoms with Gasteiger partial charge in [-0.3, -0.25) is 0 Å². The first kappa shape index (κ1) is 13.9. The van der Waals surface area contributed by atoms with Crippen molar-refractivity contribution in [3.05, 3.63) is 29.8 Å². The molecule has 3 rings (SSSR count). The average Bonchev–Trinajstić information content (AvgIpc) is 3.25. The zero-order chi connectivity index (χ0) is 14.0. The summed E-state index contributed by atoms with van der Waals surface area (Å²) in [6.45, 7) is 5.05. The third kappa shape index (κ3) is 2.84. The zero-order valence-corrected chi connectivity index (χ0v) is 12.5. The highest BCUT2D eigenvalue weighted by Crippen LogP contribution is 2.49. The van der Waals surface area contributed by atoms with E-state index in [4.69, 9.17) is 9.47 Å². The lowest BCUT2D eigenvalue weighted by molar-refractivity contribution is 0.159. The first-order chi connectivity index (χ1) is 9.74. The van der Waals surface area contributed by atoms with Gasteiger partial charge in [0, 0.05) is 37.8 Å². The van der Waals surface area contributed by atoms with Crippen LogP contribution in [-0.4, -0.2) is 26.9 Å². The number of methoxy groups -OCH3 is 1. The third-order valence-corrected chi connectivity index (χ3v) is 4.82. The second-order valence-corrected chi connectivity index (χ2v) is 6.43. The quantitative estimate of drug-likeness (QED) is 0.865. The molecule has 2 unspecified atom stereocenters. The Morgan fingerprint density at radius 1 is 1.35 bits per heavy atom. The number of nitrogens with one attached hydrogen (secondary N) is 1. The molecule has 0 spiro atoms. The van der Waals surface area contributed by atoms with Gasteiger partial charge in [0.25, 0.3) is 0 Å². The molecule has 0 aromatic heterocycles. The molecule has 1 N–H and O–H groups in total. The van der Waals surface area contributed by atoms with E-state index in [1.807, 2.05) is 6.07 Å². The number of ether oxygens (including phenoxy) is 2. The first-order valence-electron chi connectivity index (χ1n) is 7.68. The van der Waals surface area contributed by atoms with Crippen molar-refractivity contribution in [2.45, 2.75) is 32.2 Å². The number of hydrogen-bond acceptors (Lipinski definition) is 3. The molecule has 1 aliphatic carbocycles. The monoisotopic (exact) mass is 275 g/mol. The second-order valence-electron chi connectivity index (χ2n) is 6.43. The predicted molar refractivity (Wildman–Crippen MR) is 80.0 cm³/mol. The van der Waals surface area contributed by atoms with Crippen molar-refractivity contribution in [1.29, 1.82) is 0 Å². The molecular formula is C17H25NO2. The number of fused-ring (bicyclic) bond motifs is 1. The van der Waals surface area contributed by atoms with Gasteiger partial charge in [-0.2, -0.15) is 0 Å². The van der Waals surface area contributed by atoms with Gasteiger partial charge in [0.05, 0.1) is 6.61 Å². The summed E-state index contributed by atoms with van der Waals surface area (Å²) in [6.07, 6.45) is 3.85. The fraction of sp³-hybridized carbons (Fsp3) is 0.647. The molecule has 110 valence electrons. The topological polar surface area (TPSA) is 30.5 Å². The van der Waals surface area contributed by atoms with Crippen LogP contribution < -0.4 is 10.1 Å². The van der Waals surface area contributed by atoms with Crippen LogP contribution in [0.1, 0.15) is 37.8 Å². The molecular weight excluding hydrogens is 250 g/mol. The summed E-state index contributed by atoms with van der Waals surface area (Å²) in [7, 11) is 1.79. The Labute approximate surface area is 121 Å². The van der Waals surface area contributed by atoms with Crippen molar-refractivity contribution in [2.24, 2.45) is 11.3 Å². The second kappa shape index (κ2) is 5.74. The lowest BCUT2D eigenvalue weighted by Crippen LogP contribution is -2.37. The highest BCUT2D eigenvalue weighted by Gasteiger charge is 2.42. The maximum atomic E-state index is 5.82. The third-order valence-electron chi connectivity index (χ3n) is 4.82. The fourth-order valence-corrected chi connectivity index (χ4v) is 3.14. The molecule has 1 saturated carbocycles. The Balaban J connectivity index is 1.65. The normalized spacial score (nSPS) is 26.7. The molecule has 3 nitrogen and oxygen atoms in total. The maximum Gasteiger partial charge on any atom is 0.124 e. The minimum Gasteiger partial charge on any atom is -0.493 e. The van der Waals surface area contributed by atoms with Crippen LogP contribution in [0.15, 0.2) is 24.3 Å². The van der Waals surface area contributed by atoms with Crippen molar-refractivity contribution in [2.75, 3.05) is 26.9 Å². The summed E-state index contributed by atoms with van der Waals surface area (Å²) in [6, 6.07) is 8.84. The number of hydrogen-bond donors (Lipinski definition) is 1. The number of para-hydroxylation sites is 1. The van der Waals surface area contributed by atoms with Gasteiger partial charge in [0.1, 0.15) is 5.75 Å². The molecule has 2 aliphatic rings.